The molecule has 0 aromatic heterocycles. The lowest BCUT2D eigenvalue weighted by molar-refractivity contribution is 0.0943. The summed E-state index contributed by atoms with van der Waals surface area (Å²) in [6, 6.07) is 7.67. The molecule has 4 nitrogen and oxygen atoms in total. The molecule has 0 bridgehead atoms. The first-order valence-corrected chi connectivity index (χ1v) is 8.44. The quantitative estimate of drug-likeness (QED) is 0.689. The van der Waals surface area contributed by atoms with Crippen molar-refractivity contribution in [3.63, 3.8) is 0 Å². The second-order valence-corrected chi connectivity index (χ2v) is 7.09. The van der Waals surface area contributed by atoms with Gasteiger partial charge in [-0.2, -0.15) is 0 Å². The summed E-state index contributed by atoms with van der Waals surface area (Å²) < 4.78 is 0. The van der Waals surface area contributed by atoms with Gasteiger partial charge in [-0.05, 0) is 44.9 Å². The summed E-state index contributed by atoms with van der Waals surface area (Å²) in [4.78, 5) is 12.1. The van der Waals surface area contributed by atoms with Crippen LogP contribution in [0.2, 0.25) is 0 Å². The fourth-order valence-corrected chi connectivity index (χ4v) is 2.88. The summed E-state index contributed by atoms with van der Waals surface area (Å²) >= 11 is 1.65. The smallest absolute Gasteiger partial charge is 0.251 e. The molecule has 0 aliphatic heterocycles. The van der Waals surface area contributed by atoms with E-state index in [0.717, 1.165) is 22.8 Å². The van der Waals surface area contributed by atoms with Gasteiger partial charge in [-0.25, -0.2) is 0 Å². The van der Waals surface area contributed by atoms with Crippen LogP contribution in [0, 0.1) is 0 Å². The van der Waals surface area contributed by atoms with Crippen LogP contribution in [-0.4, -0.2) is 24.7 Å². The minimum atomic E-state index is -0.477. The third kappa shape index (κ3) is 5.73. The second kappa shape index (κ2) is 8.25. The fraction of sp³-hybridized carbons (Fsp3) is 0.471. The lowest BCUT2D eigenvalue weighted by Gasteiger charge is -2.26. The Morgan fingerprint density at radius 2 is 2.14 bits per heavy atom. The molecule has 0 saturated heterocycles. The van der Waals surface area contributed by atoms with Crippen molar-refractivity contribution in [1.29, 1.82) is 0 Å². The lowest BCUT2D eigenvalue weighted by Crippen LogP contribution is -2.35. The van der Waals surface area contributed by atoms with Gasteiger partial charge in [0, 0.05) is 29.9 Å². The van der Waals surface area contributed by atoms with Gasteiger partial charge in [-0.3, -0.25) is 4.79 Å². The van der Waals surface area contributed by atoms with E-state index in [1.807, 2.05) is 52.1 Å². The maximum absolute atomic E-state index is 12.1. The number of nitrogens with one attached hydrogen (secondary N) is 2. The molecule has 1 rings (SSSR count). The van der Waals surface area contributed by atoms with E-state index in [4.69, 9.17) is 5.73 Å². The molecule has 5 heteroatoms. The van der Waals surface area contributed by atoms with E-state index in [9.17, 15) is 4.79 Å². The molecule has 0 aliphatic carbocycles. The van der Waals surface area contributed by atoms with Crippen molar-refractivity contribution in [3.8, 4) is 0 Å². The molecule has 1 aromatic rings. The van der Waals surface area contributed by atoms with Crippen LogP contribution in [0.4, 0.5) is 0 Å². The minimum Gasteiger partial charge on any atom is -0.383 e. The predicted molar refractivity (Wildman–Crippen MR) is 95.9 cm³/mol. The number of benzene rings is 1. The second-order valence-electron chi connectivity index (χ2n) is 5.90. The van der Waals surface area contributed by atoms with Gasteiger partial charge in [0.1, 0.15) is 0 Å². The van der Waals surface area contributed by atoms with E-state index < -0.39 is 5.54 Å². The Kier molecular flexibility index (Phi) is 6.97. The molecule has 0 fully saturated rings. The first-order chi connectivity index (χ1) is 10.3. The molecule has 0 saturated carbocycles. The molecule has 0 heterocycles. The van der Waals surface area contributed by atoms with Crippen LogP contribution in [-0.2, 0) is 5.54 Å². The van der Waals surface area contributed by atoms with Gasteiger partial charge < -0.3 is 16.4 Å². The zero-order valence-corrected chi connectivity index (χ0v) is 14.7. The number of hydrogen-bond donors (Lipinski definition) is 3. The SMILES string of the molecule is C=C(NC)SCCC(C)(N)c1cccc(C(=O)NC(C)C)c1. The minimum absolute atomic E-state index is 0.0643. The van der Waals surface area contributed by atoms with Crippen molar-refractivity contribution in [1.82, 2.24) is 10.6 Å². The van der Waals surface area contributed by atoms with Crippen LogP contribution < -0.4 is 16.4 Å². The van der Waals surface area contributed by atoms with E-state index in [0.29, 0.717) is 5.56 Å². The molecule has 22 heavy (non-hydrogen) atoms. The van der Waals surface area contributed by atoms with Gasteiger partial charge in [0.25, 0.3) is 5.91 Å². The van der Waals surface area contributed by atoms with Gasteiger partial charge in [-0.1, -0.05) is 18.7 Å². The number of carbonyl (C=O) groups excluding carboxylic acids is 1. The molecule has 0 radical (unpaired) electrons. The highest BCUT2D eigenvalue weighted by Gasteiger charge is 2.22. The number of hydrogen-bond acceptors (Lipinski definition) is 4. The average Bonchev–Trinajstić information content (AvgIpc) is 2.46. The van der Waals surface area contributed by atoms with E-state index in [2.05, 4.69) is 17.2 Å². The first-order valence-electron chi connectivity index (χ1n) is 7.46. The molecular formula is C17H27N3OS. The fourth-order valence-electron chi connectivity index (χ4n) is 1.96. The van der Waals surface area contributed by atoms with Crippen LogP contribution in [0.15, 0.2) is 35.9 Å². The van der Waals surface area contributed by atoms with Crippen molar-refractivity contribution < 1.29 is 4.79 Å². The summed E-state index contributed by atoms with van der Waals surface area (Å²) in [5.74, 6) is 0.806. The summed E-state index contributed by atoms with van der Waals surface area (Å²) in [6.45, 7) is 9.77. The normalized spacial score (nSPS) is 13.5. The molecule has 122 valence electrons. The van der Waals surface area contributed by atoms with E-state index in [-0.39, 0.29) is 11.9 Å². The number of thioether (sulfide) groups is 1. The largest absolute Gasteiger partial charge is 0.383 e. The Bertz CT molecular complexity index is 526. The zero-order chi connectivity index (χ0) is 16.8. The van der Waals surface area contributed by atoms with E-state index in [1.165, 1.54) is 0 Å². The lowest BCUT2D eigenvalue weighted by atomic mass is 9.89. The Labute approximate surface area is 137 Å². The summed E-state index contributed by atoms with van der Waals surface area (Å²) in [7, 11) is 1.85. The Morgan fingerprint density at radius 3 is 2.73 bits per heavy atom. The molecule has 0 spiro atoms. The van der Waals surface area contributed by atoms with Crippen molar-refractivity contribution in [2.45, 2.75) is 38.8 Å². The van der Waals surface area contributed by atoms with Gasteiger partial charge in [-0.15, -0.1) is 11.8 Å². The van der Waals surface area contributed by atoms with E-state index in [1.54, 1.807) is 11.8 Å². The van der Waals surface area contributed by atoms with Crippen molar-refractivity contribution in [2.75, 3.05) is 12.8 Å². The Morgan fingerprint density at radius 1 is 1.45 bits per heavy atom. The summed E-state index contributed by atoms with van der Waals surface area (Å²) in [5.41, 5.74) is 7.58. The highest BCUT2D eigenvalue weighted by Crippen LogP contribution is 2.25. The molecular weight excluding hydrogens is 294 g/mol. The van der Waals surface area contributed by atoms with Gasteiger partial charge >= 0.3 is 0 Å². The number of nitrogens with two attached hydrogens (primary N) is 1. The van der Waals surface area contributed by atoms with Crippen LogP contribution in [0.3, 0.4) is 0 Å². The van der Waals surface area contributed by atoms with Crippen molar-refractivity contribution in [2.24, 2.45) is 5.73 Å². The van der Waals surface area contributed by atoms with Crippen LogP contribution in [0.5, 0.6) is 0 Å². The first kappa shape index (κ1) is 18.6. The van der Waals surface area contributed by atoms with Crippen molar-refractivity contribution >= 4 is 17.7 Å². The van der Waals surface area contributed by atoms with Gasteiger partial charge in [0.05, 0.1) is 5.03 Å². The highest BCUT2D eigenvalue weighted by atomic mass is 32.2. The summed E-state index contributed by atoms with van der Waals surface area (Å²) in [5, 5.41) is 6.84. The van der Waals surface area contributed by atoms with Gasteiger partial charge in [0.15, 0.2) is 0 Å². The van der Waals surface area contributed by atoms with Gasteiger partial charge in [0.2, 0.25) is 0 Å². The molecule has 4 N–H and O–H groups in total. The van der Waals surface area contributed by atoms with Crippen LogP contribution >= 0.6 is 11.8 Å². The van der Waals surface area contributed by atoms with Crippen LogP contribution in [0.25, 0.3) is 0 Å². The number of amides is 1. The molecule has 1 aromatic carbocycles. The maximum atomic E-state index is 12.1. The average molecular weight is 321 g/mol. The molecule has 0 aliphatic rings. The topological polar surface area (TPSA) is 67.1 Å². The Balaban J connectivity index is 2.78. The third-order valence-electron chi connectivity index (χ3n) is 3.38. The predicted octanol–water partition coefficient (Wildman–Crippen LogP) is 2.81. The monoisotopic (exact) mass is 321 g/mol. The zero-order valence-electron chi connectivity index (χ0n) is 13.9. The molecule has 1 amide bonds. The van der Waals surface area contributed by atoms with Crippen LogP contribution in [0.1, 0.15) is 43.1 Å². The summed E-state index contributed by atoms with van der Waals surface area (Å²) in [6.07, 6.45) is 0.799. The Hall–Kier alpha value is -1.46. The maximum Gasteiger partial charge on any atom is 0.251 e. The standard InChI is InChI=1S/C17H27N3OS/c1-12(2)20-16(21)14-7-6-8-15(11-14)17(4,18)9-10-22-13(3)19-5/h6-8,11-12,19H,3,9-10,18H2,1-2,4-5H3,(H,20,21). The van der Waals surface area contributed by atoms with E-state index >= 15 is 0 Å². The third-order valence-corrected chi connectivity index (χ3v) is 4.34. The number of rotatable bonds is 8. The van der Waals surface area contributed by atoms with Crippen molar-refractivity contribution in [3.05, 3.63) is 47.0 Å². The molecule has 1 unspecified atom stereocenters. The number of carbonyl (C=O) groups is 1. The highest BCUT2D eigenvalue weighted by molar-refractivity contribution is 8.02. The molecule has 1 atom stereocenters.